The second-order valence-electron chi connectivity index (χ2n) is 3.30. The minimum absolute atomic E-state index is 0.432. The number of aryl methyl sites for hydroxylation is 1. The third kappa shape index (κ3) is 2.04. The highest BCUT2D eigenvalue weighted by Gasteiger charge is 2.09. The third-order valence-corrected chi connectivity index (χ3v) is 2.67. The van der Waals surface area contributed by atoms with Gasteiger partial charge in [0, 0.05) is 12.2 Å². The molecule has 0 spiro atoms. The van der Waals surface area contributed by atoms with Gasteiger partial charge >= 0.3 is 0 Å². The Balaban J connectivity index is 3.16. The molecule has 3 heteroatoms. The van der Waals surface area contributed by atoms with Crippen molar-refractivity contribution in [3.05, 3.63) is 29.3 Å². The quantitative estimate of drug-likeness (QED) is 0.757. The number of nitrogens with zero attached hydrogens (tertiary/aromatic N) is 1. The number of hydrogen-bond acceptors (Lipinski definition) is 1. The summed E-state index contributed by atoms with van der Waals surface area (Å²) in [5.74, 6) is 0. The van der Waals surface area contributed by atoms with Gasteiger partial charge in [0.1, 0.15) is 0 Å². The van der Waals surface area contributed by atoms with Crippen LogP contribution < -0.4 is 10.6 Å². The first kappa shape index (κ1) is 11.0. The number of hydrogen-bond donors (Lipinski definition) is 1. The van der Waals surface area contributed by atoms with E-state index in [1.54, 1.807) is 0 Å². The molecule has 0 saturated carbocycles. The van der Waals surface area contributed by atoms with Gasteiger partial charge in [0.05, 0.1) is 0 Å². The fraction of sp³-hybridized carbons (Fsp3) is 0.364. The highest BCUT2D eigenvalue weighted by Crippen LogP contribution is 2.22. The lowest BCUT2D eigenvalue weighted by molar-refractivity contribution is 1.05. The van der Waals surface area contributed by atoms with Gasteiger partial charge in [0.25, 0.3) is 0 Å². The van der Waals surface area contributed by atoms with Crippen LogP contribution in [0.3, 0.4) is 0 Å². The monoisotopic (exact) mass is 208 g/mol. The number of thiocarbonyl (C=S) groups is 1. The van der Waals surface area contributed by atoms with Crippen LogP contribution in [0.2, 0.25) is 0 Å². The van der Waals surface area contributed by atoms with Gasteiger partial charge < -0.3 is 10.6 Å². The van der Waals surface area contributed by atoms with E-state index in [0.29, 0.717) is 5.11 Å². The van der Waals surface area contributed by atoms with Gasteiger partial charge in [-0.15, -0.1) is 0 Å². The van der Waals surface area contributed by atoms with E-state index >= 15 is 0 Å². The van der Waals surface area contributed by atoms with E-state index in [4.69, 9.17) is 18.0 Å². The first-order valence-corrected chi connectivity index (χ1v) is 5.12. The second-order valence-corrected chi connectivity index (χ2v) is 3.72. The molecule has 0 atom stereocenters. The second kappa shape index (κ2) is 4.42. The Hall–Kier alpha value is -1.09. The zero-order valence-electron chi connectivity index (χ0n) is 8.87. The van der Waals surface area contributed by atoms with E-state index in [-0.39, 0.29) is 0 Å². The van der Waals surface area contributed by atoms with Gasteiger partial charge in [0.2, 0.25) is 0 Å². The zero-order chi connectivity index (χ0) is 10.7. The van der Waals surface area contributed by atoms with Crippen molar-refractivity contribution in [3.8, 4) is 0 Å². The first-order chi connectivity index (χ1) is 6.57. The molecule has 0 aliphatic heterocycles. The Kier molecular flexibility index (Phi) is 3.47. The lowest BCUT2D eigenvalue weighted by atomic mass is 10.1. The summed E-state index contributed by atoms with van der Waals surface area (Å²) in [7, 11) is 0. The molecule has 0 amide bonds. The maximum absolute atomic E-state index is 5.66. The van der Waals surface area contributed by atoms with Crippen molar-refractivity contribution in [2.24, 2.45) is 5.73 Å². The van der Waals surface area contributed by atoms with Crippen LogP contribution in [0.25, 0.3) is 0 Å². The average Bonchev–Trinajstić information content (AvgIpc) is 2.13. The van der Waals surface area contributed by atoms with E-state index in [2.05, 4.69) is 19.9 Å². The molecule has 1 aromatic rings. The van der Waals surface area contributed by atoms with E-state index in [0.717, 1.165) is 12.2 Å². The van der Waals surface area contributed by atoms with Crippen molar-refractivity contribution in [1.29, 1.82) is 0 Å². The highest BCUT2D eigenvalue weighted by atomic mass is 32.1. The number of rotatable bonds is 2. The van der Waals surface area contributed by atoms with Crippen molar-refractivity contribution in [1.82, 2.24) is 0 Å². The summed E-state index contributed by atoms with van der Waals surface area (Å²) in [5, 5.41) is 0.432. The zero-order valence-corrected chi connectivity index (χ0v) is 9.69. The fourth-order valence-electron chi connectivity index (χ4n) is 1.47. The minimum Gasteiger partial charge on any atom is -0.376 e. The summed E-state index contributed by atoms with van der Waals surface area (Å²) in [6.07, 6.45) is 0. The summed E-state index contributed by atoms with van der Waals surface area (Å²) >= 11 is 5.00. The molecule has 0 heterocycles. The smallest absolute Gasteiger partial charge is 0.170 e. The molecule has 0 saturated heterocycles. The Morgan fingerprint density at radius 3 is 2.57 bits per heavy atom. The first-order valence-electron chi connectivity index (χ1n) is 4.71. The predicted octanol–water partition coefficient (Wildman–Crippen LogP) is 2.37. The molecule has 2 N–H and O–H groups in total. The molecule has 0 aliphatic carbocycles. The van der Waals surface area contributed by atoms with Crippen molar-refractivity contribution >= 4 is 23.0 Å². The molecule has 0 radical (unpaired) electrons. The minimum atomic E-state index is 0.432. The van der Waals surface area contributed by atoms with E-state index < -0.39 is 0 Å². The molecule has 0 aromatic heterocycles. The lowest BCUT2D eigenvalue weighted by Crippen LogP contribution is -2.35. The van der Waals surface area contributed by atoms with Crippen LogP contribution in [-0.2, 0) is 0 Å². The molecular formula is C11H16N2S. The topological polar surface area (TPSA) is 29.3 Å². The highest BCUT2D eigenvalue weighted by molar-refractivity contribution is 7.80. The van der Waals surface area contributed by atoms with Crippen LogP contribution in [0.4, 0.5) is 5.69 Å². The van der Waals surface area contributed by atoms with Crippen LogP contribution in [-0.4, -0.2) is 11.7 Å². The summed E-state index contributed by atoms with van der Waals surface area (Å²) in [4.78, 5) is 1.94. The molecule has 0 fully saturated rings. The van der Waals surface area contributed by atoms with Gasteiger partial charge in [0.15, 0.2) is 5.11 Å². The van der Waals surface area contributed by atoms with Crippen LogP contribution in [0.15, 0.2) is 18.2 Å². The van der Waals surface area contributed by atoms with Crippen molar-refractivity contribution in [2.45, 2.75) is 20.8 Å². The fourth-order valence-corrected chi connectivity index (χ4v) is 1.70. The Morgan fingerprint density at radius 1 is 1.43 bits per heavy atom. The van der Waals surface area contributed by atoms with Gasteiger partial charge in [-0.05, 0) is 50.2 Å². The average molecular weight is 208 g/mol. The molecule has 0 bridgehead atoms. The number of benzene rings is 1. The van der Waals surface area contributed by atoms with Gasteiger partial charge in [-0.3, -0.25) is 0 Å². The largest absolute Gasteiger partial charge is 0.376 e. The summed E-state index contributed by atoms with van der Waals surface area (Å²) < 4.78 is 0. The van der Waals surface area contributed by atoms with Crippen molar-refractivity contribution in [2.75, 3.05) is 11.4 Å². The van der Waals surface area contributed by atoms with Gasteiger partial charge in [-0.2, -0.15) is 0 Å². The molecular weight excluding hydrogens is 192 g/mol. The summed E-state index contributed by atoms with van der Waals surface area (Å²) in [6, 6.07) is 6.16. The molecule has 76 valence electrons. The van der Waals surface area contributed by atoms with Crippen molar-refractivity contribution < 1.29 is 0 Å². The van der Waals surface area contributed by atoms with E-state index in [1.807, 2.05) is 24.0 Å². The van der Waals surface area contributed by atoms with Gasteiger partial charge in [-0.25, -0.2) is 0 Å². The number of nitrogens with two attached hydrogens (primary N) is 1. The van der Waals surface area contributed by atoms with Crippen LogP contribution in [0, 0.1) is 13.8 Å². The standard InChI is InChI=1S/C11H16N2S/c1-4-13(11(12)14)10-7-5-6-8(2)9(10)3/h5-7H,4H2,1-3H3,(H2,12,14). The van der Waals surface area contributed by atoms with Gasteiger partial charge in [-0.1, -0.05) is 12.1 Å². The Labute approximate surface area is 90.7 Å². The molecule has 1 rings (SSSR count). The third-order valence-electron chi connectivity index (χ3n) is 2.45. The summed E-state index contributed by atoms with van der Waals surface area (Å²) in [6.45, 7) is 7.03. The normalized spacial score (nSPS) is 9.93. The summed E-state index contributed by atoms with van der Waals surface area (Å²) in [5.41, 5.74) is 9.27. The molecule has 1 aromatic carbocycles. The molecule has 2 nitrogen and oxygen atoms in total. The van der Waals surface area contributed by atoms with E-state index in [9.17, 15) is 0 Å². The molecule has 0 aliphatic rings. The predicted molar refractivity (Wildman–Crippen MR) is 65.7 cm³/mol. The maximum Gasteiger partial charge on any atom is 0.170 e. The van der Waals surface area contributed by atoms with Crippen LogP contribution in [0.5, 0.6) is 0 Å². The van der Waals surface area contributed by atoms with Crippen molar-refractivity contribution in [3.63, 3.8) is 0 Å². The Morgan fingerprint density at radius 2 is 2.07 bits per heavy atom. The molecule has 0 unspecified atom stereocenters. The Bertz CT molecular complexity index is 347. The van der Waals surface area contributed by atoms with E-state index in [1.165, 1.54) is 11.1 Å². The SMILES string of the molecule is CCN(C(N)=S)c1cccc(C)c1C. The molecule has 14 heavy (non-hydrogen) atoms. The lowest BCUT2D eigenvalue weighted by Gasteiger charge is -2.23. The van der Waals surface area contributed by atoms with Crippen LogP contribution >= 0.6 is 12.2 Å². The maximum atomic E-state index is 5.66. The van der Waals surface area contributed by atoms with Crippen LogP contribution in [0.1, 0.15) is 18.1 Å². The number of anilines is 1.